The molecule has 2 nitrogen and oxygen atoms in total. The highest BCUT2D eigenvalue weighted by molar-refractivity contribution is 5.77. The molecule has 0 spiro atoms. The molecule has 1 N–H and O–H groups in total. The molecule has 17 heavy (non-hydrogen) atoms. The van der Waals surface area contributed by atoms with Crippen LogP contribution in [-0.4, -0.2) is 5.91 Å². The fourth-order valence-electron chi connectivity index (χ4n) is 1.60. The van der Waals surface area contributed by atoms with E-state index in [4.69, 9.17) is 0 Å². The smallest absolute Gasteiger partial charge is 0.221 e. The largest absolute Gasteiger partial charge is 0.350 e. The van der Waals surface area contributed by atoms with Gasteiger partial charge in [0.25, 0.3) is 0 Å². The van der Waals surface area contributed by atoms with E-state index < -0.39 is 0 Å². The summed E-state index contributed by atoms with van der Waals surface area (Å²) in [7, 11) is 0. The van der Waals surface area contributed by atoms with Crippen LogP contribution in [0.3, 0.4) is 0 Å². The SMILES string of the molecule is C=CC(C)(C)CC(=O)NC(C)c1ccccc1. The molecule has 0 aliphatic rings. The van der Waals surface area contributed by atoms with Crippen LogP contribution in [0.15, 0.2) is 43.0 Å². The second kappa shape index (κ2) is 5.67. The molecule has 0 saturated heterocycles. The highest BCUT2D eigenvalue weighted by Crippen LogP contribution is 2.21. The van der Waals surface area contributed by atoms with Crippen LogP contribution in [0.5, 0.6) is 0 Å². The Labute approximate surface area is 104 Å². The first-order valence-electron chi connectivity index (χ1n) is 5.92. The first kappa shape index (κ1) is 13.5. The van der Waals surface area contributed by atoms with Crippen LogP contribution in [0.2, 0.25) is 0 Å². The maximum Gasteiger partial charge on any atom is 0.221 e. The van der Waals surface area contributed by atoms with Crippen molar-refractivity contribution in [3.05, 3.63) is 48.6 Å². The van der Waals surface area contributed by atoms with E-state index in [0.717, 1.165) is 5.56 Å². The first-order valence-corrected chi connectivity index (χ1v) is 5.92. The van der Waals surface area contributed by atoms with Gasteiger partial charge in [-0.2, -0.15) is 0 Å². The Morgan fingerprint density at radius 2 is 2.00 bits per heavy atom. The lowest BCUT2D eigenvalue weighted by Gasteiger charge is -2.21. The van der Waals surface area contributed by atoms with Crippen molar-refractivity contribution < 1.29 is 4.79 Å². The van der Waals surface area contributed by atoms with Gasteiger partial charge >= 0.3 is 0 Å². The Kier molecular flexibility index (Phi) is 4.50. The molecule has 0 aliphatic heterocycles. The lowest BCUT2D eigenvalue weighted by atomic mass is 9.89. The summed E-state index contributed by atoms with van der Waals surface area (Å²) in [5, 5.41) is 3.00. The molecule has 0 radical (unpaired) electrons. The third-order valence-corrected chi connectivity index (χ3v) is 2.85. The van der Waals surface area contributed by atoms with E-state index >= 15 is 0 Å². The van der Waals surface area contributed by atoms with Crippen LogP contribution in [0.4, 0.5) is 0 Å². The molecule has 92 valence electrons. The fourth-order valence-corrected chi connectivity index (χ4v) is 1.60. The van der Waals surface area contributed by atoms with Gasteiger partial charge in [-0.15, -0.1) is 6.58 Å². The minimum Gasteiger partial charge on any atom is -0.350 e. The highest BCUT2D eigenvalue weighted by Gasteiger charge is 2.19. The Hall–Kier alpha value is -1.57. The van der Waals surface area contributed by atoms with Crippen molar-refractivity contribution in [2.24, 2.45) is 5.41 Å². The monoisotopic (exact) mass is 231 g/mol. The van der Waals surface area contributed by atoms with E-state index in [-0.39, 0.29) is 17.4 Å². The Morgan fingerprint density at radius 3 is 2.53 bits per heavy atom. The third-order valence-electron chi connectivity index (χ3n) is 2.85. The second-order valence-electron chi connectivity index (χ2n) is 5.07. The molecule has 1 aromatic carbocycles. The van der Waals surface area contributed by atoms with Gasteiger partial charge in [0.2, 0.25) is 5.91 Å². The van der Waals surface area contributed by atoms with Crippen LogP contribution in [0.1, 0.15) is 38.8 Å². The van der Waals surface area contributed by atoms with Crippen LogP contribution in [-0.2, 0) is 4.79 Å². The average Bonchev–Trinajstić information content (AvgIpc) is 2.29. The van der Waals surface area contributed by atoms with Gasteiger partial charge in [0.1, 0.15) is 0 Å². The number of hydrogen-bond donors (Lipinski definition) is 1. The number of benzene rings is 1. The summed E-state index contributed by atoms with van der Waals surface area (Å²) in [6.45, 7) is 9.75. The van der Waals surface area contributed by atoms with Gasteiger partial charge in [-0.3, -0.25) is 4.79 Å². The van der Waals surface area contributed by atoms with Crippen LogP contribution in [0, 0.1) is 5.41 Å². The Balaban J connectivity index is 2.55. The van der Waals surface area contributed by atoms with Gasteiger partial charge in [0.15, 0.2) is 0 Å². The average molecular weight is 231 g/mol. The van der Waals surface area contributed by atoms with Crippen LogP contribution < -0.4 is 5.32 Å². The van der Waals surface area contributed by atoms with Crippen molar-refractivity contribution in [2.45, 2.75) is 33.2 Å². The van der Waals surface area contributed by atoms with Gasteiger partial charge < -0.3 is 5.32 Å². The lowest BCUT2D eigenvalue weighted by Crippen LogP contribution is -2.30. The van der Waals surface area contributed by atoms with Crippen molar-refractivity contribution in [2.75, 3.05) is 0 Å². The molecule has 0 saturated carbocycles. The van der Waals surface area contributed by atoms with E-state index in [1.165, 1.54) is 0 Å². The number of hydrogen-bond acceptors (Lipinski definition) is 1. The van der Waals surface area contributed by atoms with E-state index in [2.05, 4.69) is 11.9 Å². The van der Waals surface area contributed by atoms with Crippen LogP contribution in [0.25, 0.3) is 0 Å². The van der Waals surface area contributed by atoms with Gasteiger partial charge in [0.05, 0.1) is 6.04 Å². The number of nitrogens with one attached hydrogen (secondary N) is 1. The van der Waals surface area contributed by atoms with Gasteiger partial charge in [0, 0.05) is 6.42 Å². The molecule has 2 heteroatoms. The van der Waals surface area contributed by atoms with Crippen molar-refractivity contribution in [1.29, 1.82) is 0 Å². The topological polar surface area (TPSA) is 29.1 Å². The van der Waals surface area contributed by atoms with Gasteiger partial charge in [-0.25, -0.2) is 0 Å². The van der Waals surface area contributed by atoms with E-state index in [0.29, 0.717) is 6.42 Å². The predicted molar refractivity (Wildman–Crippen MR) is 71.6 cm³/mol. The normalized spacial score (nSPS) is 12.9. The minimum atomic E-state index is -0.152. The summed E-state index contributed by atoms with van der Waals surface area (Å²) >= 11 is 0. The number of carbonyl (C=O) groups excluding carboxylic acids is 1. The molecule has 0 heterocycles. The summed E-state index contributed by atoms with van der Waals surface area (Å²) in [5.74, 6) is 0.0613. The summed E-state index contributed by atoms with van der Waals surface area (Å²) < 4.78 is 0. The molecule has 0 aliphatic carbocycles. The van der Waals surface area contributed by atoms with Gasteiger partial charge in [-0.05, 0) is 17.9 Å². The quantitative estimate of drug-likeness (QED) is 0.772. The number of allylic oxidation sites excluding steroid dienone is 1. The number of rotatable bonds is 5. The van der Waals surface area contributed by atoms with Crippen molar-refractivity contribution >= 4 is 5.91 Å². The standard InChI is InChI=1S/C15H21NO/c1-5-15(3,4)11-14(17)16-12(2)13-9-7-6-8-10-13/h5-10,12H,1,11H2,2-4H3,(H,16,17). The molecule has 1 rings (SSSR count). The molecule has 1 amide bonds. The van der Waals surface area contributed by atoms with Crippen molar-refractivity contribution in [3.8, 4) is 0 Å². The molecule has 0 bridgehead atoms. The number of amides is 1. The summed E-state index contributed by atoms with van der Waals surface area (Å²) in [6.07, 6.45) is 2.29. The zero-order valence-corrected chi connectivity index (χ0v) is 10.9. The molecule has 1 atom stereocenters. The summed E-state index contributed by atoms with van der Waals surface area (Å²) in [5.41, 5.74) is 0.970. The van der Waals surface area contributed by atoms with E-state index in [1.54, 1.807) is 0 Å². The van der Waals surface area contributed by atoms with Crippen molar-refractivity contribution in [1.82, 2.24) is 5.32 Å². The third kappa shape index (κ3) is 4.43. The molecular weight excluding hydrogens is 210 g/mol. The van der Waals surface area contributed by atoms with Crippen molar-refractivity contribution in [3.63, 3.8) is 0 Å². The number of carbonyl (C=O) groups is 1. The predicted octanol–water partition coefficient (Wildman–Crippen LogP) is 3.47. The van der Waals surface area contributed by atoms with Gasteiger partial charge in [-0.1, -0.05) is 50.3 Å². The molecule has 1 unspecified atom stereocenters. The molecule has 1 aromatic rings. The Bertz CT molecular complexity index is 381. The lowest BCUT2D eigenvalue weighted by molar-refractivity contribution is -0.123. The summed E-state index contributed by atoms with van der Waals surface area (Å²) in [6, 6.07) is 10.0. The zero-order valence-electron chi connectivity index (χ0n) is 10.9. The molecule has 0 aromatic heterocycles. The van der Waals surface area contributed by atoms with E-state index in [9.17, 15) is 4.79 Å². The van der Waals surface area contributed by atoms with E-state index in [1.807, 2.05) is 57.2 Å². The zero-order chi connectivity index (χ0) is 12.9. The summed E-state index contributed by atoms with van der Waals surface area (Å²) in [4.78, 5) is 11.8. The first-order chi connectivity index (χ1) is 7.94. The maximum atomic E-state index is 11.8. The van der Waals surface area contributed by atoms with Crippen LogP contribution >= 0.6 is 0 Å². The maximum absolute atomic E-state index is 11.8. The minimum absolute atomic E-state index is 0.0457. The Morgan fingerprint density at radius 1 is 1.41 bits per heavy atom. The molecule has 0 fully saturated rings. The highest BCUT2D eigenvalue weighted by atomic mass is 16.1. The second-order valence-corrected chi connectivity index (χ2v) is 5.07. The fraction of sp³-hybridized carbons (Fsp3) is 0.400. The molecular formula is C15H21NO.